The molecule has 138 valence electrons. The summed E-state index contributed by atoms with van der Waals surface area (Å²) in [5.41, 5.74) is 2.05. The van der Waals surface area contributed by atoms with Crippen LogP contribution >= 0.6 is 0 Å². The van der Waals surface area contributed by atoms with Gasteiger partial charge in [-0.05, 0) is 39.7 Å². The molecule has 1 fully saturated rings. The van der Waals surface area contributed by atoms with Gasteiger partial charge in [0.25, 0.3) is 0 Å². The summed E-state index contributed by atoms with van der Waals surface area (Å²) >= 11 is 0. The molecule has 0 radical (unpaired) electrons. The Balaban J connectivity index is 1.63. The lowest BCUT2D eigenvalue weighted by Crippen LogP contribution is -2.44. The van der Waals surface area contributed by atoms with Gasteiger partial charge in [0.15, 0.2) is 0 Å². The predicted molar refractivity (Wildman–Crippen MR) is 96.3 cm³/mol. The molecular formula is C20H24FN3O2. The molecule has 1 amide bonds. The largest absolute Gasteiger partial charge is 0.444 e. The van der Waals surface area contributed by atoms with Gasteiger partial charge in [0.1, 0.15) is 11.4 Å². The molecule has 26 heavy (non-hydrogen) atoms. The van der Waals surface area contributed by atoms with E-state index in [-0.39, 0.29) is 23.9 Å². The van der Waals surface area contributed by atoms with Gasteiger partial charge < -0.3 is 14.2 Å². The molecular weight excluding hydrogens is 333 g/mol. The molecule has 0 aliphatic carbocycles. The Morgan fingerprint density at radius 3 is 2.92 bits per heavy atom. The highest BCUT2D eigenvalue weighted by Crippen LogP contribution is 2.46. The summed E-state index contributed by atoms with van der Waals surface area (Å²) < 4.78 is 22.3. The van der Waals surface area contributed by atoms with Crippen LogP contribution in [0.2, 0.25) is 0 Å². The van der Waals surface area contributed by atoms with Gasteiger partial charge in [0, 0.05) is 30.1 Å². The van der Waals surface area contributed by atoms with Crippen molar-refractivity contribution in [2.75, 3.05) is 13.1 Å². The quantitative estimate of drug-likeness (QED) is 0.767. The maximum absolute atomic E-state index is 14.7. The third-order valence-corrected chi connectivity index (χ3v) is 5.15. The van der Waals surface area contributed by atoms with Crippen LogP contribution in [0.25, 0.3) is 11.3 Å². The van der Waals surface area contributed by atoms with Crippen molar-refractivity contribution >= 4 is 6.09 Å². The Bertz CT molecular complexity index is 840. The predicted octanol–water partition coefficient (Wildman–Crippen LogP) is 4.24. The van der Waals surface area contributed by atoms with Gasteiger partial charge in [-0.2, -0.15) is 0 Å². The normalized spacial score (nSPS) is 22.1. The molecule has 2 aliphatic rings. The number of rotatable bonds is 1. The lowest BCUT2D eigenvalue weighted by atomic mass is 9.86. The summed E-state index contributed by atoms with van der Waals surface area (Å²) in [6, 6.07) is 5.07. The highest BCUT2D eigenvalue weighted by atomic mass is 19.1. The molecule has 2 atom stereocenters. The second kappa shape index (κ2) is 6.11. The molecule has 0 spiro atoms. The van der Waals surface area contributed by atoms with Crippen LogP contribution in [-0.4, -0.2) is 39.2 Å². The Labute approximate surface area is 152 Å². The summed E-state index contributed by atoms with van der Waals surface area (Å²) in [7, 11) is 0. The molecule has 2 aliphatic heterocycles. The number of aromatic nitrogens is 2. The highest BCUT2D eigenvalue weighted by Gasteiger charge is 2.39. The summed E-state index contributed by atoms with van der Waals surface area (Å²) in [6.07, 6.45) is 5.09. The van der Waals surface area contributed by atoms with E-state index in [4.69, 9.17) is 4.74 Å². The van der Waals surface area contributed by atoms with Crippen molar-refractivity contribution in [3.8, 4) is 11.3 Å². The molecule has 6 heteroatoms. The first kappa shape index (κ1) is 17.1. The number of likely N-dealkylation sites (tertiary alicyclic amines) is 1. The lowest BCUT2D eigenvalue weighted by Gasteiger charge is -2.37. The first-order valence-electron chi connectivity index (χ1n) is 9.14. The third kappa shape index (κ3) is 2.87. The fraction of sp³-hybridized carbons (Fsp3) is 0.500. The number of halogens is 1. The molecule has 0 bridgehead atoms. The molecule has 0 N–H and O–H groups in total. The van der Waals surface area contributed by atoms with Crippen molar-refractivity contribution in [1.29, 1.82) is 0 Å². The number of fused-ring (bicyclic) bond motifs is 3. The number of piperidine rings is 1. The first-order chi connectivity index (χ1) is 12.3. The number of imidazole rings is 1. The van der Waals surface area contributed by atoms with E-state index in [9.17, 15) is 9.18 Å². The minimum atomic E-state index is -0.520. The molecule has 1 aromatic heterocycles. The molecule has 5 nitrogen and oxygen atoms in total. The van der Waals surface area contributed by atoms with Crippen LogP contribution in [0, 0.1) is 11.7 Å². The molecule has 3 heterocycles. The van der Waals surface area contributed by atoms with E-state index in [2.05, 4.69) is 9.55 Å². The monoisotopic (exact) mass is 357 g/mol. The molecule has 4 rings (SSSR count). The van der Waals surface area contributed by atoms with E-state index in [1.54, 1.807) is 23.5 Å². The van der Waals surface area contributed by atoms with Crippen molar-refractivity contribution in [3.63, 3.8) is 0 Å². The lowest BCUT2D eigenvalue weighted by molar-refractivity contribution is 0.0146. The van der Waals surface area contributed by atoms with Gasteiger partial charge in [0.2, 0.25) is 0 Å². The van der Waals surface area contributed by atoms with Crippen molar-refractivity contribution < 1.29 is 13.9 Å². The summed E-state index contributed by atoms with van der Waals surface area (Å²) in [6.45, 7) is 6.84. The molecule has 1 aromatic carbocycles. The van der Waals surface area contributed by atoms with Crippen LogP contribution in [0.4, 0.5) is 9.18 Å². The second-order valence-electron chi connectivity index (χ2n) is 8.16. The van der Waals surface area contributed by atoms with Gasteiger partial charge in [-0.3, -0.25) is 0 Å². The number of benzene rings is 1. The number of carbonyl (C=O) groups is 1. The number of amides is 1. The number of ether oxygens (including phenoxy) is 1. The fourth-order valence-electron chi connectivity index (χ4n) is 4.16. The smallest absolute Gasteiger partial charge is 0.410 e. The molecule has 2 unspecified atom stereocenters. The maximum atomic E-state index is 14.7. The van der Waals surface area contributed by atoms with Gasteiger partial charge in [-0.25, -0.2) is 14.2 Å². The number of hydrogen-bond donors (Lipinski definition) is 0. The minimum absolute atomic E-state index is 0.127. The SMILES string of the molecule is CC(C)(C)OC(=O)N1CCCC(C2c3c(F)cccc3-c3cncn32)C1. The number of nitrogens with zero attached hydrogens (tertiary/aromatic N) is 3. The summed E-state index contributed by atoms with van der Waals surface area (Å²) in [5, 5.41) is 0. The van der Waals surface area contributed by atoms with Crippen LogP contribution in [-0.2, 0) is 4.74 Å². The van der Waals surface area contributed by atoms with E-state index in [1.165, 1.54) is 6.07 Å². The second-order valence-corrected chi connectivity index (χ2v) is 8.16. The van der Waals surface area contributed by atoms with Gasteiger partial charge in [-0.1, -0.05) is 12.1 Å². The average Bonchev–Trinajstić information content (AvgIpc) is 3.15. The van der Waals surface area contributed by atoms with Crippen LogP contribution in [0.3, 0.4) is 0 Å². The highest BCUT2D eigenvalue weighted by molar-refractivity contribution is 5.70. The Kier molecular flexibility index (Phi) is 4.01. The topological polar surface area (TPSA) is 47.4 Å². The average molecular weight is 357 g/mol. The zero-order valence-corrected chi connectivity index (χ0v) is 15.4. The van der Waals surface area contributed by atoms with E-state index in [0.29, 0.717) is 13.1 Å². The standard InChI is InChI=1S/C20H24FN3O2/c1-20(2,3)26-19(25)23-9-5-6-13(11-23)18-17-14(7-4-8-15(17)21)16-10-22-12-24(16)18/h4,7-8,10,12-13,18H,5-6,9,11H2,1-3H3. The molecule has 1 saturated heterocycles. The Morgan fingerprint density at radius 2 is 2.15 bits per heavy atom. The van der Waals surface area contributed by atoms with Crippen LogP contribution < -0.4 is 0 Å². The fourth-order valence-corrected chi connectivity index (χ4v) is 4.16. The van der Waals surface area contributed by atoms with Crippen molar-refractivity contribution in [2.24, 2.45) is 5.92 Å². The summed E-state index contributed by atoms with van der Waals surface area (Å²) in [5.74, 6) is -0.0621. The van der Waals surface area contributed by atoms with Gasteiger partial charge in [0.05, 0.1) is 24.3 Å². The van der Waals surface area contributed by atoms with Crippen LogP contribution in [0.1, 0.15) is 45.2 Å². The third-order valence-electron chi connectivity index (χ3n) is 5.15. The van der Waals surface area contributed by atoms with E-state index in [1.807, 2.05) is 26.8 Å². The first-order valence-corrected chi connectivity index (χ1v) is 9.14. The summed E-state index contributed by atoms with van der Waals surface area (Å²) in [4.78, 5) is 18.5. The van der Waals surface area contributed by atoms with Gasteiger partial charge >= 0.3 is 6.09 Å². The Morgan fingerprint density at radius 1 is 1.35 bits per heavy atom. The van der Waals surface area contributed by atoms with Crippen LogP contribution in [0.15, 0.2) is 30.7 Å². The van der Waals surface area contributed by atoms with Crippen molar-refractivity contribution in [2.45, 2.75) is 45.3 Å². The van der Waals surface area contributed by atoms with E-state index >= 15 is 0 Å². The van der Waals surface area contributed by atoms with Crippen LogP contribution in [0.5, 0.6) is 0 Å². The maximum Gasteiger partial charge on any atom is 0.410 e. The number of carbonyl (C=O) groups excluding carboxylic acids is 1. The zero-order chi connectivity index (χ0) is 18.5. The van der Waals surface area contributed by atoms with E-state index < -0.39 is 5.60 Å². The van der Waals surface area contributed by atoms with Crippen molar-refractivity contribution in [3.05, 3.63) is 42.1 Å². The molecule has 2 aromatic rings. The van der Waals surface area contributed by atoms with Crippen molar-refractivity contribution in [1.82, 2.24) is 14.5 Å². The van der Waals surface area contributed by atoms with Gasteiger partial charge in [-0.15, -0.1) is 0 Å². The van der Waals surface area contributed by atoms with E-state index in [0.717, 1.165) is 29.7 Å². The minimum Gasteiger partial charge on any atom is -0.444 e. The molecule has 0 saturated carbocycles. The Hall–Kier alpha value is -2.37. The zero-order valence-electron chi connectivity index (χ0n) is 15.4. The number of hydrogen-bond acceptors (Lipinski definition) is 3.